The molecule has 0 amide bonds. The fourth-order valence-corrected chi connectivity index (χ4v) is 2.40. The van der Waals surface area contributed by atoms with Gasteiger partial charge in [-0.05, 0) is 12.8 Å². The van der Waals surface area contributed by atoms with Crippen molar-refractivity contribution < 1.29 is 9.47 Å². The summed E-state index contributed by atoms with van der Waals surface area (Å²) in [6.45, 7) is 1.39. The number of hydrogen-bond donors (Lipinski definition) is 0. The zero-order valence-electron chi connectivity index (χ0n) is 7.79. The van der Waals surface area contributed by atoms with E-state index in [4.69, 9.17) is 14.7 Å². The molecule has 1 aliphatic heterocycles. The Morgan fingerprint density at radius 3 is 2.77 bits per heavy atom. The summed E-state index contributed by atoms with van der Waals surface area (Å²) < 4.78 is 11.3. The smallest absolute Gasteiger partial charge is 0.172 e. The standard InChI is InChI=1S/C10H15NO2/c11-6-4-9-3-1-2-5-10(9)12-7-8-13-10/h9H,1-5,7-8H2. The van der Waals surface area contributed by atoms with E-state index in [0.29, 0.717) is 25.6 Å². The molecule has 3 heteroatoms. The Hall–Kier alpha value is -0.590. The normalized spacial score (nSPS) is 31.8. The van der Waals surface area contributed by atoms with Gasteiger partial charge < -0.3 is 9.47 Å². The third kappa shape index (κ3) is 1.56. The first-order valence-electron chi connectivity index (χ1n) is 5.02. The lowest BCUT2D eigenvalue weighted by atomic mass is 9.81. The molecule has 1 heterocycles. The molecule has 1 spiro atoms. The number of ether oxygens (including phenoxy) is 2. The van der Waals surface area contributed by atoms with Crippen LogP contribution in [0.3, 0.4) is 0 Å². The van der Waals surface area contributed by atoms with Crippen LogP contribution in [0.1, 0.15) is 32.1 Å². The molecule has 1 atom stereocenters. The van der Waals surface area contributed by atoms with Gasteiger partial charge in [-0.2, -0.15) is 5.26 Å². The first kappa shape index (κ1) is 8.98. The van der Waals surface area contributed by atoms with Gasteiger partial charge in [0, 0.05) is 18.8 Å². The number of rotatable bonds is 1. The van der Waals surface area contributed by atoms with Crippen LogP contribution in [0.4, 0.5) is 0 Å². The van der Waals surface area contributed by atoms with Crippen molar-refractivity contribution in [1.82, 2.24) is 0 Å². The minimum absolute atomic E-state index is 0.300. The van der Waals surface area contributed by atoms with Crippen molar-refractivity contribution >= 4 is 0 Å². The Morgan fingerprint density at radius 1 is 1.31 bits per heavy atom. The molecule has 3 nitrogen and oxygen atoms in total. The second-order valence-corrected chi connectivity index (χ2v) is 3.81. The molecule has 1 saturated carbocycles. The summed E-state index contributed by atoms with van der Waals surface area (Å²) in [5, 5.41) is 8.70. The Morgan fingerprint density at radius 2 is 2.08 bits per heavy atom. The SMILES string of the molecule is N#CCC1CCCCC12OCCO2. The van der Waals surface area contributed by atoms with Gasteiger partial charge in [0.15, 0.2) is 5.79 Å². The van der Waals surface area contributed by atoms with Crippen LogP contribution in [0.2, 0.25) is 0 Å². The molecule has 0 aromatic carbocycles. The second-order valence-electron chi connectivity index (χ2n) is 3.81. The molecule has 0 radical (unpaired) electrons. The predicted octanol–water partition coefficient (Wildman–Crippen LogP) is 1.83. The molecule has 1 saturated heterocycles. The van der Waals surface area contributed by atoms with Crippen molar-refractivity contribution in [3.05, 3.63) is 0 Å². The van der Waals surface area contributed by atoms with Gasteiger partial charge in [0.2, 0.25) is 0 Å². The lowest BCUT2D eigenvalue weighted by molar-refractivity contribution is -0.211. The lowest BCUT2D eigenvalue weighted by Crippen LogP contribution is -2.41. The minimum atomic E-state index is -0.381. The molecule has 1 aliphatic carbocycles. The molecule has 0 N–H and O–H groups in total. The zero-order valence-corrected chi connectivity index (χ0v) is 7.79. The van der Waals surface area contributed by atoms with Gasteiger partial charge in [0.1, 0.15) is 0 Å². The van der Waals surface area contributed by atoms with E-state index in [1.165, 1.54) is 12.8 Å². The van der Waals surface area contributed by atoms with Gasteiger partial charge in [0.25, 0.3) is 0 Å². The van der Waals surface area contributed by atoms with Gasteiger partial charge >= 0.3 is 0 Å². The number of nitriles is 1. The Kier molecular flexibility index (Phi) is 2.52. The van der Waals surface area contributed by atoms with Gasteiger partial charge in [-0.1, -0.05) is 6.42 Å². The highest BCUT2D eigenvalue weighted by Crippen LogP contribution is 2.41. The summed E-state index contributed by atoms with van der Waals surface area (Å²) >= 11 is 0. The van der Waals surface area contributed by atoms with Gasteiger partial charge in [-0.3, -0.25) is 0 Å². The van der Waals surface area contributed by atoms with Crippen molar-refractivity contribution in [2.45, 2.75) is 37.9 Å². The summed E-state index contributed by atoms with van der Waals surface area (Å²) in [4.78, 5) is 0. The average molecular weight is 181 g/mol. The molecule has 13 heavy (non-hydrogen) atoms. The highest BCUT2D eigenvalue weighted by molar-refractivity contribution is 4.91. The van der Waals surface area contributed by atoms with Crippen LogP contribution >= 0.6 is 0 Å². The Bertz CT molecular complexity index is 215. The molecule has 2 rings (SSSR count). The van der Waals surface area contributed by atoms with Crippen LogP contribution in [-0.4, -0.2) is 19.0 Å². The molecule has 0 bridgehead atoms. The van der Waals surface area contributed by atoms with Crippen molar-refractivity contribution in [3.63, 3.8) is 0 Å². The first-order chi connectivity index (χ1) is 6.37. The van der Waals surface area contributed by atoms with Crippen molar-refractivity contribution in [1.29, 1.82) is 5.26 Å². The summed E-state index contributed by atoms with van der Waals surface area (Å²) in [6, 6.07) is 2.23. The fourth-order valence-electron chi connectivity index (χ4n) is 2.40. The van der Waals surface area contributed by atoms with Crippen molar-refractivity contribution in [2.75, 3.05) is 13.2 Å². The Balaban J connectivity index is 2.08. The van der Waals surface area contributed by atoms with Gasteiger partial charge in [-0.15, -0.1) is 0 Å². The number of nitrogens with zero attached hydrogens (tertiary/aromatic N) is 1. The summed E-state index contributed by atoms with van der Waals surface area (Å²) in [5.41, 5.74) is 0. The maximum Gasteiger partial charge on any atom is 0.172 e. The van der Waals surface area contributed by atoms with Crippen LogP contribution < -0.4 is 0 Å². The van der Waals surface area contributed by atoms with E-state index in [1.807, 2.05) is 0 Å². The lowest BCUT2D eigenvalue weighted by Gasteiger charge is -2.38. The minimum Gasteiger partial charge on any atom is -0.347 e. The van der Waals surface area contributed by atoms with Gasteiger partial charge in [0.05, 0.1) is 19.3 Å². The van der Waals surface area contributed by atoms with E-state index in [0.717, 1.165) is 12.8 Å². The molecule has 72 valence electrons. The first-order valence-corrected chi connectivity index (χ1v) is 5.02. The van der Waals surface area contributed by atoms with E-state index in [2.05, 4.69) is 6.07 Å². The van der Waals surface area contributed by atoms with E-state index in [9.17, 15) is 0 Å². The maximum atomic E-state index is 8.70. The van der Waals surface area contributed by atoms with Crippen LogP contribution in [0, 0.1) is 17.2 Å². The fraction of sp³-hybridized carbons (Fsp3) is 0.900. The molecule has 2 aliphatic rings. The van der Waals surface area contributed by atoms with Gasteiger partial charge in [-0.25, -0.2) is 0 Å². The average Bonchev–Trinajstić information content (AvgIpc) is 2.59. The molecule has 0 aromatic heterocycles. The van der Waals surface area contributed by atoms with E-state index in [1.54, 1.807) is 0 Å². The third-order valence-corrected chi connectivity index (χ3v) is 3.06. The molecule has 1 unspecified atom stereocenters. The van der Waals surface area contributed by atoms with Crippen LogP contribution in [-0.2, 0) is 9.47 Å². The topological polar surface area (TPSA) is 42.2 Å². The summed E-state index contributed by atoms with van der Waals surface area (Å²) in [7, 11) is 0. The van der Waals surface area contributed by atoms with E-state index < -0.39 is 0 Å². The van der Waals surface area contributed by atoms with E-state index in [-0.39, 0.29) is 5.79 Å². The van der Waals surface area contributed by atoms with Crippen LogP contribution in [0.5, 0.6) is 0 Å². The monoisotopic (exact) mass is 181 g/mol. The number of hydrogen-bond acceptors (Lipinski definition) is 3. The largest absolute Gasteiger partial charge is 0.347 e. The summed E-state index contributed by atoms with van der Waals surface area (Å²) in [5.74, 6) is -0.0812. The molecular formula is C10H15NO2. The Labute approximate surface area is 78.6 Å². The molecular weight excluding hydrogens is 166 g/mol. The third-order valence-electron chi connectivity index (χ3n) is 3.06. The van der Waals surface area contributed by atoms with Crippen LogP contribution in [0.25, 0.3) is 0 Å². The highest BCUT2D eigenvalue weighted by Gasteiger charge is 2.45. The maximum absolute atomic E-state index is 8.70. The molecule has 0 aromatic rings. The van der Waals surface area contributed by atoms with Crippen LogP contribution in [0.15, 0.2) is 0 Å². The quantitative estimate of drug-likeness (QED) is 0.619. The van der Waals surface area contributed by atoms with Crippen molar-refractivity contribution in [3.8, 4) is 6.07 Å². The second kappa shape index (κ2) is 3.65. The van der Waals surface area contributed by atoms with E-state index >= 15 is 0 Å². The summed E-state index contributed by atoms with van der Waals surface area (Å²) in [6.07, 6.45) is 5.00. The molecule has 2 fully saturated rings. The van der Waals surface area contributed by atoms with Crippen molar-refractivity contribution in [2.24, 2.45) is 5.92 Å². The predicted molar refractivity (Wildman–Crippen MR) is 46.8 cm³/mol. The zero-order chi connectivity index (χ0) is 9.15. The highest BCUT2D eigenvalue weighted by atomic mass is 16.7.